The second-order valence-corrected chi connectivity index (χ2v) is 4.92. The first kappa shape index (κ1) is 9.48. The van der Waals surface area contributed by atoms with Gasteiger partial charge in [0.15, 0.2) is 11.4 Å². The van der Waals surface area contributed by atoms with E-state index in [0.717, 1.165) is 25.7 Å². The van der Waals surface area contributed by atoms with Gasteiger partial charge < -0.3 is 9.84 Å². The highest BCUT2D eigenvalue weighted by Gasteiger charge is 2.79. The number of carbonyl (C=O) groups is 2. The Balaban J connectivity index is 1.93. The molecule has 2 saturated carbocycles. The van der Waals surface area contributed by atoms with Crippen molar-refractivity contribution in [2.45, 2.75) is 49.9 Å². The average molecular weight is 210 g/mol. The third kappa shape index (κ3) is 1.04. The molecule has 0 aromatic rings. The highest BCUT2D eigenvalue weighted by Crippen LogP contribution is 2.60. The maximum atomic E-state index is 11.9. The van der Waals surface area contributed by atoms with Crippen LogP contribution >= 0.6 is 0 Å². The average Bonchev–Trinajstić information content (AvgIpc) is 2.62. The van der Waals surface area contributed by atoms with E-state index >= 15 is 0 Å². The minimum atomic E-state index is -1.45. The van der Waals surface area contributed by atoms with Gasteiger partial charge in [-0.05, 0) is 12.8 Å². The van der Waals surface area contributed by atoms with Crippen molar-refractivity contribution in [3.8, 4) is 0 Å². The molecule has 4 heteroatoms. The molecule has 15 heavy (non-hydrogen) atoms. The third-order valence-corrected chi connectivity index (χ3v) is 4.01. The Morgan fingerprint density at radius 3 is 2.53 bits per heavy atom. The summed E-state index contributed by atoms with van der Waals surface area (Å²) in [5.41, 5.74) is -1.00. The molecule has 0 amide bonds. The van der Waals surface area contributed by atoms with Gasteiger partial charge in [-0.15, -0.1) is 0 Å². The summed E-state index contributed by atoms with van der Waals surface area (Å²) in [5, 5.41) is 10.0. The zero-order chi connectivity index (χ0) is 10.7. The molecule has 2 aliphatic carbocycles. The Bertz CT molecular complexity index is 344. The molecule has 0 aromatic carbocycles. The Morgan fingerprint density at radius 1 is 1.27 bits per heavy atom. The topological polar surface area (TPSA) is 66.9 Å². The number of ether oxygens (including phenoxy) is 1. The minimum absolute atomic E-state index is 0.00472. The van der Waals surface area contributed by atoms with Crippen LogP contribution in [0.15, 0.2) is 0 Å². The first-order chi connectivity index (χ1) is 7.08. The van der Waals surface area contributed by atoms with Crippen LogP contribution in [0.4, 0.5) is 0 Å². The van der Waals surface area contributed by atoms with Crippen molar-refractivity contribution in [1.82, 2.24) is 0 Å². The first-order valence-electron chi connectivity index (χ1n) is 5.56. The molecule has 1 saturated heterocycles. The van der Waals surface area contributed by atoms with E-state index in [-0.39, 0.29) is 30.3 Å². The Morgan fingerprint density at radius 2 is 1.93 bits per heavy atom. The number of hydrogen-bond donors (Lipinski definition) is 1. The van der Waals surface area contributed by atoms with Gasteiger partial charge in [0.05, 0.1) is 12.8 Å². The number of carbonyl (C=O) groups excluding carboxylic acids is 2. The first-order valence-corrected chi connectivity index (χ1v) is 5.56. The van der Waals surface area contributed by atoms with Crippen molar-refractivity contribution >= 4 is 11.6 Å². The van der Waals surface area contributed by atoms with Crippen LogP contribution in [0.1, 0.15) is 38.5 Å². The van der Waals surface area contributed by atoms with Crippen molar-refractivity contribution in [2.75, 3.05) is 0 Å². The normalized spacial score (nSPS) is 45.7. The molecule has 2 unspecified atom stereocenters. The molecule has 4 nitrogen and oxygen atoms in total. The third-order valence-electron chi connectivity index (χ3n) is 4.01. The van der Waals surface area contributed by atoms with Crippen molar-refractivity contribution in [1.29, 1.82) is 0 Å². The Labute approximate surface area is 87.6 Å². The summed E-state index contributed by atoms with van der Waals surface area (Å²) in [5.74, 6) is -1.72. The van der Waals surface area contributed by atoms with Gasteiger partial charge in [-0.25, -0.2) is 0 Å². The molecule has 3 fully saturated rings. The second-order valence-electron chi connectivity index (χ2n) is 4.92. The van der Waals surface area contributed by atoms with E-state index in [1.807, 2.05) is 0 Å². The van der Waals surface area contributed by atoms with Crippen LogP contribution in [0, 0.1) is 5.92 Å². The smallest absolute Gasteiger partial charge is 0.211 e. The Kier molecular flexibility index (Phi) is 1.70. The summed E-state index contributed by atoms with van der Waals surface area (Å²) >= 11 is 0. The van der Waals surface area contributed by atoms with Gasteiger partial charge in [0, 0.05) is 5.92 Å². The van der Waals surface area contributed by atoms with Gasteiger partial charge in [-0.3, -0.25) is 9.59 Å². The molecule has 1 heterocycles. The maximum Gasteiger partial charge on any atom is 0.211 e. The van der Waals surface area contributed by atoms with E-state index in [0.29, 0.717) is 0 Å². The monoisotopic (exact) mass is 210 g/mol. The quantitative estimate of drug-likeness (QED) is 0.507. The molecular weight excluding hydrogens is 196 g/mol. The molecule has 0 spiro atoms. The lowest BCUT2D eigenvalue weighted by Crippen LogP contribution is -2.46. The fourth-order valence-corrected chi connectivity index (χ4v) is 3.29. The summed E-state index contributed by atoms with van der Waals surface area (Å²) in [6, 6.07) is 0. The molecule has 82 valence electrons. The number of rotatable bonds is 1. The summed E-state index contributed by atoms with van der Waals surface area (Å²) in [6.45, 7) is 0. The fraction of sp³-hybridized carbons (Fsp3) is 0.818. The number of epoxide rings is 1. The number of Topliss-reactive ketones (excluding diaryl/α,β-unsaturated/α-hetero) is 2. The van der Waals surface area contributed by atoms with Gasteiger partial charge in [-0.2, -0.15) is 0 Å². The standard InChI is InChI=1S/C11H14O4/c12-8-5-9(13)11(7-3-1-2-4-7)10(14,6-8)15-11/h7,14H,1-6H2. The lowest BCUT2D eigenvalue weighted by Gasteiger charge is -2.24. The molecule has 1 aliphatic heterocycles. The van der Waals surface area contributed by atoms with Crippen molar-refractivity contribution in [3.63, 3.8) is 0 Å². The van der Waals surface area contributed by atoms with Gasteiger partial charge in [0.1, 0.15) is 5.78 Å². The number of ketones is 2. The van der Waals surface area contributed by atoms with E-state index in [4.69, 9.17) is 4.74 Å². The highest BCUT2D eigenvalue weighted by atomic mass is 16.8. The van der Waals surface area contributed by atoms with Crippen molar-refractivity contribution in [2.24, 2.45) is 5.92 Å². The van der Waals surface area contributed by atoms with Crippen LogP contribution in [-0.2, 0) is 14.3 Å². The lowest BCUT2D eigenvalue weighted by atomic mass is 9.75. The second kappa shape index (κ2) is 2.68. The predicted molar refractivity (Wildman–Crippen MR) is 50.0 cm³/mol. The molecule has 2 atom stereocenters. The zero-order valence-corrected chi connectivity index (χ0v) is 8.49. The molecule has 1 N–H and O–H groups in total. The van der Waals surface area contributed by atoms with E-state index in [1.54, 1.807) is 0 Å². The Hall–Kier alpha value is -0.740. The van der Waals surface area contributed by atoms with E-state index in [2.05, 4.69) is 0 Å². The molecule has 3 aliphatic rings. The van der Waals surface area contributed by atoms with Crippen LogP contribution in [0.25, 0.3) is 0 Å². The molecule has 0 aromatic heterocycles. The highest BCUT2D eigenvalue weighted by molar-refractivity contribution is 6.09. The van der Waals surface area contributed by atoms with Crippen LogP contribution in [0.5, 0.6) is 0 Å². The van der Waals surface area contributed by atoms with Gasteiger partial charge in [0.25, 0.3) is 0 Å². The summed E-state index contributed by atoms with van der Waals surface area (Å²) in [6.07, 6.45) is 3.98. The fourth-order valence-electron chi connectivity index (χ4n) is 3.29. The number of hydrogen-bond acceptors (Lipinski definition) is 4. The van der Waals surface area contributed by atoms with Crippen molar-refractivity contribution < 1.29 is 19.4 Å². The predicted octanol–water partition coefficient (Wildman–Crippen LogP) is 0.566. The molecule has 3 rings (SSSR count). The number of fused-ring (bicyclic) bond motifs is 1. The summed E-state index contributed by atoms with van der Waals surface area (Å²) in [7, 11) is 0. The number of aliphatic hydroxyl groups is 1. The SMILES string of the molecule is O=C1CC(=O)C2(C3CCCC3)OC2(O)C1. The summed E-state index contributed by atoms with van der Waals surface area (Å²) in [4.78, 5) is 23.1. The summed E-state index contributed by atoms with van der Waals surface area (Å²) < 4.78 is 5.30. The van der Waals surface area contributed by atoms with Crippen LogP contribution in [0.3, 0.4) is 0 Å². The van der Waals surface area contributed by atoms with Crippen LogP contribution in [-0.4, -0.2) is 28.1 Å². The van der Waals surface area contributed by atoms with Crippen molar-refractivity contribution in [3.05, 3.63) is 0 Å². The van der Waals surface area contributed by atoms with Gasteiger partial charge in [0.2, 0.25) is 5.79 Å². The maximum absolute atomic E-state index is 11.9. The van der Waals surface area contributed by atoms with Gasteiger partial charge in [-0.1, -0.05) is 12.8 Å². The van der Waals surface area contributed by atoms with Crippen LogP contribution in [0.2, 0.25) is 0 Å². The zero-order valence-electron chi connectivity index (χ0n) is 8.49. The molecule has 0 radical (unpaired) electrons. The lowest BCUT2D eigenvalue weighted by molar-refractivity contribution is -0.136. The van der Waals surface area contributed by atoms with Gasteiger partial charge >= 0.3 is 0 Å². The largest absolute Gasteiger partial charge is 0.362 e. The van der Waals surface area contributed by atoms with E-state index < -0.39 is 11.4 Å². The van der Waals surface area contributed by atoms with Crippen LogP contribution < -0.4 is 0 Å². The molecule has 0 bridgehead atoms. The molecular formula is C11H14O4. The van der Waals surface area contributed by atoms with E-state index in [1.165, 1.54) is 0 Å². The minimum Gasteiger partial charge on any atom is -0.362 e. The van der Waals surface area contributed by atoms with E-state index in [9.17, 15) is 14.7 Å².